The number of piperidine rings is 1. The molecule has 134 valence electrons. The van der Waals surface area contributed by atoms with Crippen molar-refractivity contribution in [3.05, 3.63) is 30.1 Å². The number of alkyl halides is 3. The van der Waals surface area contributed by atoms with Crippen LogP contribution in [0.15, 0.2) is 29.2 Å². The first-order chi connectivity index (χ1) is 11.9. The average Bonchev–Trinajstić information content (AvgIpc) is 2.61. The van der Waals surface area contributed by atoms with E-state index in [4.69, 9.17) is 40.5 Å². The number of aromatic nitrogens is 3. The van der Waals surface area contributed by atoms with E-state index in [2.05, 4.69) is 19.9 Å². The molecule has 0 amide bonds. The highest BCUT2D eigenvalue weighted by Gasteiger charge is 2.30. The average molecular weight is 419 g/mol. The predicted octanol–water partition coefficient (Wildman–Crippen LogP) is 4.01. The highest BCUT2D eigenvalue weighted by atomic mass is 35.6. The molecule has 0 atom stereocenters. The van der Waals surface area contributed by atoms with Gasteiger partial charge in [0.15, 0.2) is 11.6 Å². The van der Waals surface area contributed by atoms with E-state index in [-0.39, 0.29) is 11.9 Å². The molecular formula is C16H18Cl3N5S. The molecule has 1 aromatic carbocycles. The molecule has 1 aliphatic heterocycles. The lowest BCUT2D eigenvalue weighted by molar-refractivity contribution is 0.494. The van der Waals surface area contributed by atoms with Gasteiger partial charge >= 0.3 is 0 Å². The van der Waals surface area contributed by atoms with E-state index in [0.717, 1.165) is 36.4 Å². The van der Waals surface area contributed by atoms with E-state index in [1.54, 1.807) is 11.8 Å². The smallest absolute Gasteiger partial charge is 0.250 e. The highest BCUT2D eigenvalue weighted by Crippen LogP contribution is 2.37. The fourth-order valence-corrected chi connectivity index (χ4v) is 3.26. The lowest BCUT2D eigenvalue weighted by atomic mass is 10.1. The van der Waals surface area contributed by atoms with E-state index in [1.807, 2.05) is 30.5 Å². The van der Waals surface area contributed by atoms with E-state index < -0.39 is 3.79 Å². The highest BCUT2D eigenvalue weighted by molar-refractivity contribution is 7.98. The summed E-state index contributed by atoms with van der Waals surface area (Å²) in [6.07, 6.45) is 3.79. The van der Waals surface area contributed by atoms with Gasteiger partial charge < -0.3 is 10.6 Å². The van der Waals surface area contributed by atoms with E-state index in [1.165, 1.54) is 0 Å². The summed E-state index contributed by atoms with van der Waals surface area (Å²) >= 11 is 19.8. The van der Waals surface area contributed by atoms with Crippen LogP contribution in [0.1, 0.15) is 18.7 Å². The largest absolute Gasteiger partial charge is 0.341 e. The number of rotatable bonds is 3. The maximum Gasteiger partial charge on any atom is 0.250 e. The van der Waals surface area contributed by atoms with Crippen molar-refractivity contribution in [1.29, 1.82) is 0 Å². The molecule has 25 heavy (non-hydrogen) atoms. The molecule has 1 fully saturated rings. The summed E-state index contributed by atoms with van der Waals surface area (Å²) in [5.41, 5.74) is 6.83. The summed E-state index contributed by atoms with van der Waals surface area (Å²) in [7, 11) is 0. The van der Waals surface area contributed by atoms with Gasteiger partial charge in [0.25, 0.3) is 0 Å². The molecule has 0 radical (unpaired) electrons. The molecule has 0 bridgehead atoms. The number of hydrogen-bond acceptors (Lipinski definition) is 6. The standard InChI is InChI=1S/C16H18Cl3N5S/c1-25-12-4-2-10(3-5-12)13-21-14(16(17,18)19)23-15(22-13)24-8-6-11(20)7-9-24/h2-5,11H,6-9,20H2,1H3. The third-order valence-corrected chi connectivity index (χ3v) is 5.30. The Morgan fingerprint density at radius 3 is 2.28 bits per heavy atom. The Labute approximate surface area is 166 Å². The molecule has 2 N–H and O–H groups in total. The van der Waals surface area contributed by atoms with Crippen LogP contribution in [0.2, 0.25) is 0 Å². The molecule has 1 saturated heterocycles. The van der Waals surface area contributed by atoms with Gasteiger partial charge in [0.05, 0.1) is 0 Å². The maximum atomic E-state index is 6.04. The number of hydrogen-bond donors (Lipinski definition) is 1. The Morgan fingerprint density at radius 1 is 1.08 bits per heavy atom. The third-order valence-electron chi connectivity index (χ3n) is 4.05. The molecular weight excluding hydrogens is 401 g/mol. The van der Waals surface area contributed by atoms with E-state index in [0.29, 0.717) is 11.8 Å². The van der Waals surface area contributed by atoms with Crippen LogP contribution >= 0.6 is 46.6 Å². The van der Waals surface area contributed by atoms with Crippen molar-refractivity contribution in [2.24, 2.45) is 5.73 Å². The van der Waals surface area contributed by atoms with Crippen LogP contribution in [0, 0.1) is 0 Å². The Bertz CT molecular complexity index is 728. The van der Waals surface area contributed by atoms with Crippen LogP contribution < -0.4 is 10.6 Å². The van der Waals surface area contributed by atoms with Crippen molar-refractivity contribution in [2.75, 3.05) is 24.2 Å². The van der Waals surface area contributed by atoms with Crippen LogP contribution in [0.25, 0.3) is 11.4 Å². The summed E-state index contributed by atoms with van der Waals surface area (Å²) in [6.45, 7) is 1.55. The Balaban J connectivity index is 2.00. The SMILES string of the molecule is CSc1ccc(-c2nc(N3CCC(N)CC3)nc(C(Cl)(Cl)Cl)n2)cc1. The topological polar surface area (TPSA) is 67.9 Å². The number of anilines is 1. The van der Waals surface area contributed by atoms with E-state index >= 15 is 0 Å². The number of nitrogens with zero attached hydrogens (tertiary/aromatic N) is 4. The minimum Gasteiger partial charge on any atom is -0.341 e. The zero-order valence-electron chi connectivity index (χ0n) is 13.6. The minimum atomic E-state index is -1.71. The quantitative estimate of drug-likeness (QED) is 0.600. The molecule has 3 rings (SSSR count). The molecule has 0 unspecified atom stereocenters. The fraction of sp³-hybridized carbons (Fsp3) is 0.438. The maximum absolute atomic E-state index is 6.04. The second-order valence-electron chi connectivity index (χ2n) is 5.83. The molecule has 2 heterocycles. The molecule has 1 aliphatic rings. The van der Waals surface area contributed by atoms with Crippen molar-refractivity contribution in [1.82, 2.24) is 15.0 Å². The lowest BCUT2D eigenvalue weighted by Gasteiger charge is -2.30. The molecule has 0 spiro atoms. The monoisotopic (exact) mass is 417 g/mol. The lowest BCUT2D eigenvalue weighted by Crippen LogP contribution is -2.40. The molecule has 0 aliphatic carbocycles. The number of nitrogens with two attached hydrogens (primary N) is 1. The van der Waals surface area contributed by atoms with Crippen LogP contribution in [0.5, 0.6) is 0 Å². The number of thioether (sulfide) groups is 1. The Kier molecular flexibility index (Phi) is 5.96. The van der Waals surface area contributed by atoms with Gasteiger partial charge in [-0.15, -0.1) is 11.8 Å². The van der Waals surface area contributed by atoms with Crippen LogP contribution in [-0.2, 0) is 3.79 Å². The third kappa shape index (κ3) is 4.68. The predicted molar refractivity (Wildman–Crippen MR) is 106 cm³/mol. The van der Waals surface area contributed by atoms with Crippen molar-refractivity contribution in [2.45, 2.75) is 27.6 Å². The van der Waals surface area contributed by atoms with Crippen molar-refractivity contribution in [3.63, 3.8) is 0 Å². The van der Waals surface area contributed by atoms with Gasteiger partial charge in [0, 0.05) is 29.6 Å². The van der Waals surface area contributed by atoms with Gasteiger partial charge in [0.1, 0.15) is 0 Å². The van der Waals surface area contributed by atoms with Crippen molar-refractivity contribution in [3.8, 4) is 11.4 Å². The van der Waals surface area contributed by atoms with Gasteiger partial charge in [0.2, 0.25) is 9.74 Å². The summed E-state index contributed by atoms with van der Waals surface area (Å²) in [5.74, 6) is 1.14. The fourth-order valence-electron chi connectivity index (χ4n) is 2.60. The first-order valence-electron chi connectivity index (χ1n) is 7.85. The van der Waals surface area contributed by atoms with Gasteiger partial charge in [-0.05, 0) is 31.2 Å². The number of benzene rings is 1. The second kappa shape index (κ2) is 7.84. The van der Waals surface area contributed by atoms with Crippen molar-refractivity contribution >= 4 is 52.5 Å². The van der Waals surface area contributed by atoms with Gasteiger partial charge in [-0.25, -0.2) is 4.98 Å². The first kappa shape index (κ1) is 19.0. The van der Waals surface area contributed by atoms with Crippen LogP contribution in [0.3, 0.4) is 0 Å². The second-order valence-corrected chi connectivity index (χ2v) is 8.99. The van der Waals surface area contributed by atoms with Gasteiger partial charge in [-0.2, -0.15) is 9.97 Å². The van der Waals surface area contributed by atoms with Gasteiger partial charge in [-0.3, -0.25) is 0 Å². The Morgan fingerprint density at radius 2 is 1.72 bits per heavy atom. The zero-order chi connectivity index (χ0) is 18.0. The Hall–Kier alpha value is -0.790. The molecule has 1 aromatic heterocycles. The molecule has 5 nitrogen and oxygen atoms in total. The van der Waals surface area contributed by atoms with Crippen molar-refractivity contribution < 1.29 is 0 Å². The molecule has 9 heteroatoms. The normalized spacial score (nSPS) is 16.3. The van der Waals surface area contributed by atoms with E-state index in [9.17, 15) is 0 Å². The minimum absolute atomic E-state index is 0.126. The number of halogens is 3. The first-order valence-corrected chi connectivity index (χ1v) is 10.2. The zero-order valence-corrected chi connectivity index (χ0v) is 16.7. The summed E-state index contributed by atoms with van der Waals surface area (Å²) < 4.78 is -1.71. The summed E-state index contributed by atoms with van der Waals surface area (Å²) in [6, 6.07) is 8.15. The van der Waals surface area contributed by atoms with Crippen LogP contribution in [0.4, 0.5) is 5.95 Å². The molecule has 0 saturated carbocycles. The van der Waals surface area contributed by atoms with Gasteiger partial charge in [-0.1, -0.05) is 46.9 Å². The summed E-state index contributed by atoms with van der Waals surface area (Å²) in [4.78, 5) is 16.6. The molecule has 2 aromatic rings. The summed E-state index contributed by atoms with van der Waals surface area (Å²) in [5, 5.41) is 0. The van der Waals surface area contributed by atoms with Crippen LogP contribution in [-0.4, -0.2) is 40.3 Å².